The van der Waals surface area contributed by atoms with Crippen LogP contribution in [0.2, 0.25) is 5.02 Å². The standard InChI is InChI=1S/C17H15ClN2O6/c1-25-10-15(21)26-16(11-5-3-2-4-6-11)17(22)19-12-7-8-13(18)14(9-12)20(23)24/h2-9,16H,10H2,1H3,(H,19,22)/t16-/m1/s1. The Morgan fingerprint density at radius 2 is 1.92 bits per heavy atom. The van der Waals surface area contributed by atoms with Crippen molar-refractivity contribution in [3.8, 4) is 0 Å². The molecule has 2 rings (SSSR count). The Kier molecular flexibility index (Phi) is 6.65. The van der Waals surface area contributed by atoms with Gasteiger partial charge in [-0.3, -0.25) is 14.9 Å². The highest BCUT2D eigenvalue weighted by atomic mass is 35.5. The molecule has 0 saturated heterocycles. The Morgan fingerprint density at radius 1 is 1.23 bits per heavy atom. The van der Waals surface area contributed by atoms with E-state index in [2.05, 4.69) is 5.32 Å². The average Bonchev–Trinajstić information content (AvgIpc) is 2.62. The number of carbonyl (C=O) groups excluding carboxylic acids is 2. The first-order chi connectivity index (χ1) is 12.4. The molecule has 8 nitrogen and oxygen atoms in total. The zero-order valence-corrected chi connectivity index (χ0v) is 14.4. The number of ether oxygens (including phenoxy) is 2. The second kappa shape index (κ2) is 8.93. The minimum absolute atomic E-state index is 0.0564. The maximum atomic E-state index is 12.6. The van der Waals surface area contributed by atoms with Crippen LogP contribution in [0, 0.1) is 10.1 Å². The molecule has 0 fully saturated rings. The Hall–Kier alpha value is -2.97. The fourth-order valence-electron chi connectivity index (χ4n) is 2.12. The highest BCUT2D eigenvalue weighted by Gasteiger charge is 2.25. The molecule has 136 valence electrons. The molecule has 0 heterocycles. The molecule has 1 atom stereocenters. The van der Waals surface area contributed by atoms with Crippen LogP contribution in [0.15, 0.2) is 48.5 Å². The van der Waals surface area contributed by atoms with E-state index < -0.39 is 22.9 Å². The molecule has 2 aromatic rings. The summed E-state index contributed by atoms with van der Waals surface area (Å²) in [5.41, 5.74) is 0.241. The summed E-state index contributed by atoms with van der Waals surface area (Å²) in [7, 11) is 1.33. The van der Waals surface area contributed by atoms with Crippen LogP contribution in [-0.2, 0) is 19.1 Å². The van der Waals surface area contributed by atoms with E-state index in [-0.39, 0.29) is 23.0 Å². The summed E-state index contributed by atoms with van der Waals surface area (Å²) in [5, 5.41) is 13.4. The first kappa shape index (κ1) is 19.4. The molecule has 0 radical (unpaired) electrons. The van der Waals surface area contributed by atoms with Crippen molar-refractivity contribution in [3.63, 3.8) is 0 Å². The molecule has 9 heteroatoms. The maximum absolute atomic E-state index is 12.6. The smallest absolute Gasteiger partial charge is 0.333 e. The number of halogens is 1. The molecular formula is C17H15ClN2O6. The number of nitro groups is 1. The Labute approximate surface area is 153 Å². The van der Waals surface area contributed by atoms with Crippen LogP contribution >= 0.6 is 11.6 Å². The van der Waals surface area contributed by atoms with E-state index in [0.29, 0.717) is 5.56 Å². The molecule has 1 amide bonds. The third-order valence-corrected chi connectivity index (χ3v) is 3.58. The summed E-state index contributed by atoms with van der Waals surface area (Å²) in [6, 6.07) is 12.2. The SMILES string of the molecule is COCC(=O)O[C@@H](C(=O)Nc1ccc(Cl)c([N+](=O)[O-])c1)c1ccccc1. The number of esters is 1. The number of methoxy groups -OCH3 is 1. The lowest BCUT2D eigenvalue weighted by Gasteiger charge is -2.18. The largest absolute Gasteiger partial charge is 0.446 e. The summed E-state index contributed by atoms with van der Waals surface area (Å²) < 4.78 is 9.87. The maximum Gasteiger partial charge on any atom is 0.333 e. The average molecular weight is 379 g/mol. The third kappa shape index (κ3) is 5.01. The van der Waals surface area contributed by atoms with Crippen LogP contribution in [0.25, 0.3) is 0 Å². The van der Waals surface area contributed by atoms with Gasteiger partial charge in [-0.25, -0.2) is 4.79 Å². The van der Waals surface area contributed by atoms with Gasteiger partial charge in [-0.05, 0) is 12.1 Å². The summed E-state index contributed by atoms with van der Waals surface area (Å²) in [6.07, 6.45) is -1.24. The van der Waals surface area contributed by atoms with E-state index in [1.54, 1.807) is 30.3 Å². The van der Waals surface area contributed by atoms with E-state index in [1.165, 1.54) is 19.2 Å². The van der Waals surface area contributed by atoms with Gasteiger partial charge < -0.3 is 14.8 Å². The topological polar surface area (TPSA) is 108 Å². The number of rotatable bonds is 7. The third-order valence-electron chi connectivity index (χ3n) is 3.26. The van der Waals surface area contributed by atoms with Crippen molar-refractivity contribution in [3.05, 3.63) is 69.2 Å². The Balaban J connectivity index is 2.25. The van der Waals surface area contributed by atoms with Crippen LogP contribution in [0.1, 0.15) is 11.7 Å². The van der Waals surface area contributed by atoms with Crippen LogP contribution in [-0.4, -0.2) is 30.5 Å². The fourth-order valence-corrected chi connectivity index (χ4v) is 2.31. The number of nitrogens with zero attached hydrogens (tertiary/aromatic N) is 1. The van der Waals surface area contributed by atoms with E-state index >= 15 is 0 Å². The van der Waals surface area contributed by atoms with Crippen LogP contribution in [0.4, 0.5) is 11.4 Å². The molecule has 0 bridgehead atoms. The monoisotopic (exact) mass is 378 g/mol. The van der Waals surface area contributed by atoms with Gasteiger partial charge in [0.05, 0.1) is 4.92 Å². The van der Waals surface area contributed by atoms with Crippen LogP contribution in [0.5, 0.6) is 0 Å². The second-order valence-corrected chi connectivity index (χ2v) is 5.53. The van der Waals surface area contributed by atoms with Gasteiger partial charge in [0, 0.05) is 24.4 Å². The first-order valence-corrected chi connectivity index (χ1v) is 7.78. The molecule has 2 aromatic carbocycles. The van der Waals surface area contributed by atoms with E-state index in [4.69, 9.17) is 21.1 Å². The summed E-state index contributed by atoms with van der Waals surface area (Å²) >= 11 is 5.75. The van der Waals surface area contributed by atoms with Gasteiger partial charge in [0.1, 0.15) is 11.6 Å². The molecule has 0 unspecified atom stereocenters. The number of nitrogens with one attached hydrogen (secondary N) is 1. The molecule has 0 aliphatic heterocycles. The summed E-state index contributed by atoms with van der Waals surface area (Å²) in [6.45, 7) is -0.316. The number of hydrogen-bond donors (Lipinski definition) is 1. The van der Waals surface area contributed by atoms with E-state index in [0.717, 1.165) is 6.07 Å². The Morgan fingerprint density at radius 3 is 2.54 bits per heavy atom. The summed E-state index contributed by atoms with van der Waals surface area (Å²) in [4.78, 5) is 34.6. The van der Waals surface area contributed by atoms with Crippen molar-refractivity contribution >= 4 is 34.9 Å². The zero-order valence-electron chi connectivity index (χ0n) is 13.7. The predicted octanol–water partition coefficient (Wildman–Crippen LogP) is 3.12. The second-order valence-electron chi connectivity index (χ2n) is 5.13. The van der Waals surface area contributed by atoms with Crippen molar-refractivity contribution < 1.29 is 24.0 Å². The minimum atomic E-state index is -1.24. The molecular weight excluding hydrogens is 364 g/mol. The molecule has 0 aliphatic carbocycles. The lowest BCUT2D eigenvalue weighted by molar-refractivity contribution is -0.384. The van der Waals surface area contributed by atoms with Crippen molar-refractivity contribution in [2.75, 3.05) is 19.0 Å². The minimum Gasteiger partial charge on any atom is -0.446 e. The highest BCUT2D eigenvalue weighted by molar-refractivity contribution is 6.32. The van der Waals surface area contributed by atoms with Crippen molar-refractivity contribution in [2.24, 2.45) is 0 Å². The van der Waals surface area contributed by atoms with E-state index in [1.807, 2.05) is 0 Å². The van der Waals surface area contributed by atoms with Gasteiger partial charge in [-0.2, -0.15) is 0 Å². The fraction of sp³-hybridized carbons (Fsp3) is 0.176. The van der Waals surface area contributed by atoms with Gasteiger partial charge >= 0.3 is 5.97 Å². The molecule has 0 aliphatic rings. The zero-order chi connectivity index (χ0) is 19.1. The lowest BCUT2D eigenvalue weighted by Crippen LogP contribution is -2.27. The van der Waals surface area contributed by atoms with Gasteiger partial charge in [-0.15, -0.1) is 0 Å². The number of hydrogen-bond acceptors (Lipinski definition) is 6. The highest BCUT2D eigenvalue weighted by Crippen LogP contribution is 2.28. The number of benzene rings is 2. The first-order valence-electron chi connectivity index (χ1n) is 7.40. The number of carbonyl (C=O) groups is 2. The van der Waals surface area contributed by atoms with Gasteiger partial charge in [0.25, 0.3) is 11.6 Å². The van der Waals surface area contributed by atoms with Crippen molar-refractivity contribution in [1.82, 2.24) is 0 Å². The number of amides is 1. The number of anilines is 1. The molecule has 0 saturated carbocycles. The molecule has 0 spiro atoms. The predicted molar refractivity (Wildman–Crippen MR) is 93.9 cm³/mol. The summed E-state index contributed by atoms with van der Waals surface area (Å²) in [5.74, 6) is -1.39. The molecule has 0 aromatic heterocycles. The van der Waals surface area contributed by atoms with Gasteiger partial charge in [0.2, 0.25) is 6.10 Å². The molecule has 1 N–H and O–H groups in total. The number of nitro benzene ring substituents is 1. The van der Waals surface area contributed by atoms with Gasteiger partial charge in [0.15, 0.2) is 0 Å². The quantitative estimate of drug-likeness (QED) is 0.450. The lowest BCUT2D eigenvalue weighted by atomic mass is 10.1. The van der Waals surface area contributed by atoms with Crippen molar-refractivity contribution in [1.29, 1.82) is 0 Å². The normalized spacial score (nSPS) is 11.5. The van der Waals surface area contributed by atoms with Gasteiger partial charge in [-0.1, -0.05) is 41.9 Å². The van der Waals surface area contributed by atoms with Crippen LogP contribution < -0.4 is 5.32 Å². The Bertz CT molecular complexity index is 812. The van der Waals surface area contributed by atoms with Crippen molar-refractivity contribution in [2.45, 2.75) is 6.10 Å². The van der Waals surface area contributed by atoms with E-state index in [9.17, 15) is 19.7 Å². The molecule has 26 heavy (non-hydrogen) atoms. The van der Waals surface area contributed by atoms with Crippen LogP contribution in [0.3, 0.4) is 0 Å².